The summed E-state index contributed by atoms with van der Waals surface area (Å²) in [5.74, 6) is -1.23. The highest BCUT2D eigenvalue weighted by atomic mass is 16.2. The number of fused-ring (bicyclic) bond motifs is 1. The van der Waals surface area contributed by atoms with Crippen LogP contribution in [0.2, 0.25) is 0 Å². The van der Waals surface area contributed by atoms with E-state index in [4.69, 9.17) is 11.5 Å². The van der Waals surface area contributed by atoms with Crippen molar-refractivity contribution < 1.29 is 14.4 Å². The number of nitrogens with two attached hydrogens (primary N) is 2. The van der Waals surface area contributed by atoms with Crippen molar-refractivity contribution in [1.29, 1.82) is 0 Å². The number of nitrogens with zero attached hydrogens (tertiary/aromatic N) is 1. The first-order valence-electron chi connectivity index (χ1n) is 7.49. The second kappa shape index (κ2) is 5.75. The molecule has 0 saturated carbocycles. The zero-order valence-corrected chi connectivity index (χ0v) is 12.6. The van der Waals surface area contributed by atoms with E-state index in [-0.39, 0.29) is 17.9 Å². The van der Waals surface area contributed by atoms with Gasteiger partial charge >= 0.3 is 0 Å². The summed E-state index contributed by atoms with van der Waals surface area (Å²) in [5, 5.41) is 0.590. The number of aromatic amines is 1. The first-order chi connectivity index (χ1) is 11.0. The molecule has 120 valence electrons. The SMILES string of the molecule is NC(=O)Cc1[nH]c2cc(C(=O)N3CCCC3)ccc2c1C(N)=O. The minimum atomic E-state index is -0.633. The first-order valence-corrected chi connectivity index (χ1v) is 7.49. The molecule has 1 aliphatic heterocycles. The monoisotopic (exact) mass is 314 g/mol. The van der Waals surface area contributed by atoms with Crippen LogP contribution in [0.3, 0.4) is 0 Å². The van der Waals surface area contributed by atoms with Crippen molar-refractivity contribution in [2.75, 3.05) is 13.1 Å². The van der Waals surface area contributed by atoms with Gasteiger partial charge < -0.3 is 21.4 Å². The third kappa shape index (κ3) is 2.77. The number of amides is 3. The van der Waals surface area contributed by atoms with E-state index in [0.717, 1.165) is 25.9 Å². The number of rotatable bonds is 4. The van der Waals surface area contributed by atoms with Gasteiger partial charge in [-0.3, -0.25) is 14.4 Å². The lowest BCUT2D eigenvalue weighted by Gasteiger charge is -2.15. The molecule has 1 aromatic heterocycles. The fourth-order valence-electron chi connectivity index (χ4n) is 3.08. The molecule has 3 amide bonds. The van der Waals surface area contributed by atoms with Crippen LogP contribution in [-0.2, 0) is 11.2 Å². The molecular weight excluding hydrogens is 296 g/mol. The van der Waals surface area contributed by atoms with E-state index in [1.165, 1.54) is 0 Å². The molecule has 0 aliphatic carbocycles. The van der Waals surface area contributed by atoms with Crippen molar-refractivity contribution in [3.05, 3.63) is 35.0 Å². The molecule has 2 heterocycles. The lowest BCUT2D eigenvalue weighted by Crippen LogP contribution is -2.27. The predicted octanol–water partition coefficient (Wildman–Crippen LogP) is 0.531. The maximum atomic E-state index is 12.4. The summed E-state index contributed by atoms with van der Waals surface area (Å²) in [4.78, 5) is 40.1. The molecule has 1 aromatic carbocycles. The van der Waals surface area contributed by atoms with Crippen LogP contribution in [-0.4, -0.2) is 40.7 Å². The van der Waals surface area contributed by atoms with Gasteiger partial charge in [0, 0.05) is 35.2 Å². The van der Waals surface area contributed by atoms with E-state index in [0.29, 0.717) is 22.2 Å². The number of primary amides is 2. The van der Waals surface area contributed by atoms with Crippen molar-refractivity contribution in [1.82, 2.24) is 9.88 Å². The number of aromatic nitrogens is 1. The number of likely N-dealkylation sites (tertiary alicyclic amines) is 1. The maximum Gasteiger partial charge on any atom is 0.253 e. The highest BCUT2D eigenvalue weighted by Gasteiger charge is 2.22. The standard InChI is InChI=1S/C16H18N4O3/c17-13(21)8-12-14(15(18)22)10-4-3-9(7-11(10)19-12)16(23)20-5-1-2-6-20/h3-4,7,19H,1-2,5-6,8H2,(H2,17,21)(H2,18,22). The Balaban J connectivity index is 2.04. The highest BCUT2D eigenvalue weighted by molar-refractivity contribution is 6.09. The molecule has 7 heteroatoms. The Morgan fingerprint density at radius 1 is 1.13 bits per heavy atom. The fraction of sp³-hybridized carbons (Fsp3) is 0.312. The van der Waals surface area contributed by atoms with Crippen molar-refractivity contribution in [2.24, 2.45) is 11.5 Å². The van der Waals surface area contributed by atoms with Gasteiger partial charge in [0.05, 0.1) is 12.0 Å². The second-order valence-electron chi connectivity index (χ2n) is 5.75. The molecule has 23 heavy (non-hydrogen) atoms. The third-order valence-electron chi connectivity index (χ3n) is 4.11. The van der Waals surface area contributed by atoms with Gasteiger partial charge in [-0.15, -0.1) is 0 Å². The van der Waals surface area contributed by atoms with E-state index < -0.39 is 11.8 Å². The summed E-state index contributed by atoms with van der Waals surface area (Å²) in [5.41, 5.74) is 12.4. The topological polar surface area (TPSA) is 122 Å². The average molecular weight is 314 g/mol. The molecule has 5 N–H and O–H groups in total. The van der Waals surface area contributed by atoms with Crippen LogP contribution in [0.5, 0.6) is 0 Å². The van der Waals surface area contributed by atoms with Gasteiger partial charge in [-0.1, -0.05) is 6.07 Å². The van der Waals surface area contributed by atoms with Crippen molar-refractivity contribution in [2.45, 2.75) is 19.3 Å². The Hall–Kier alpha value is -2.83. The molecule has 3 rings (SSSR count). The van der Waals surface area contributed by atoms with Gasteiger partial charge in [0.1, 0.15) is 0 Å². The Labute approximate surface area is 132 Å². The Morgan fingerprint density at radius 3 is 2.43 bits per heavy atom. The molecule has 0 spiro atoms. The van der Waals surface area contributed by atoms with Crippen LogP contribution in [0.1, 0.15) is 39.3 Å². The molecule has 0 atom stereocenters. The second-order valence-corrected chi connectivity index (χ2v) is 5.75. The molecule has 0 radical (unpaired) electrons. The van der Waals surface area contributed by atoms with Gasteiger partial charge in [-0.2, -0.15) is 0 Å². The van der Waals surface area contributed by atoms with Crippen molar-refractivity contribution in [3.8, 4) is 0 Å². The van der Waals surface area contributed by atoms with Gasteiger partial charge in [0.25, 0.3) is 11.8 Å². The third-order valence-corrected chi connectivity index (χ3v) is 4.11. The van der Waals surface area contributed by atoms with E-state index in [1.807, 2.05) is 4.90 Å². The molecular formula is C16H18N4O3. The van der Waals surface area contributed by atoms with Crippen molar-refractivity contribution >= 4 is 28.6 Å². The van der Waals surface area contributed by atoms with Gasteiger partial charge in [0.15, 0.2) is 0 Å². The smallest absolute Gasteiger partial charge is 0.253 e. The summed E-state index contributed by atoms with van der Waals surface area (Å²) >= 11 is 0. The van der Waals surface area contributed by atoms with Gasteiger partial charge in [-0.25, -0.2) is 0 Å². The predicted molar refractivity (Wildman–Crippen MR) is 84.9 cm³/mol. The largest absolute Gasteiger partial charge is 0.369 e. The van der Waals surface area contributed by atoms with Crippen LogP contribution in [0, 0.1) is 0 Å². The minimum Gasteiger partial charge on any atom is -0.369 e. The minimum absolute atomic E-state index is 0.0314. The van der Waals surface area contributed by atoms with Crippen molar-refractivity contribution in [3.63, 3.8) is 0 Å². The lowest BCUT2D eigenvalue weighted by molar-refractivity contribution is -0.117. The lowest BCUT2D eigenvalue weighted by atomic mass is 10.1. The zero-order valence-electron chi connectivity index (χ0n) is 12.6. The Morgan fingerprint density at radius 2 is 1.83 bits per heavy atom. The quantitative estimate of drug-likeness (QED) is 0.762. The summed E-state index contributed by atoms with van der Waals surface area (Å²) in [6.07, 6.45) is 1.93. The molecule has 7 nitrogen and oxygen atoms in total. The average Bonchev–Trinajstić information content (AvgIpc) is 3.12. The summed E-state index contributed by atoms with van der Waals surface area (Å²) in [6, 6.07) is 5.05. The first kappa shape index (κ1) is 15.1. The van der Waals surface area contributed by atoms with E-state index in [9.17, 15) is 14.4 Å². The van der Waals surface area contributed by atoms with Crippen LogP contribution >= 0.6 is 0 Å². The number of hydrogen-bond donors (Lipinski definition) is 3. The van der Waals surface area contributed by atoms with E-state index in [2.05, 4.69) is 4.98 Å². The Kier molecular flexibility index (Phi) is 3.77. The molecule has 0 bridgehead atoms. The number of nitrogens with one attached hydrogen (secondary N) is 1. The highest BCUT2D eigenvalue weighted by Crippen LogP contribution is 2.25. The van der Waals surface area contributed by atoms with Crippen LogP contribution in [0.15, 0.2) is 18.2 Å². The summed E-state index contributed by atoms with van der Waals surface area (Å²) < 4.78 is 0. The summed E-state index contributed by atoms with van der Waals surface area (Å²) in [6.45, 7) is 1.53. The van der Waals surface area contributed by atoms with E-state index in [1.54, 1.807) is 18.2 Å². The Bertz CT molecular complexity index is 803. The molecule has 1 fully saturated rings. The number of H-pyrrole nitrogens is 1. The fourth-order valence-corrected chi connectivity index (χ4v) is 3.08. The van der Waals surface area contributed by atoms with Gasteiger partial charge in [0.2, 0.25) is 5.91 Å². The number of carbonyl (C=O) groups is 3. The number of carbonyl (C=O) groups excluding carboxylic acids is 3. The van der Waals surface area contributed by atoms with Crippen LogP contribution < -0.4 is 11.5 Å². The number of benzene rings is 1. The summed E-state index contributed by atoms with van der Waals surface area (Å²) in [7, 11) is 0. The normalized spacial score (nSPS) is 14.3. The van der Waals surface area contributed by atoms with Crippen LogP contribution in [0.4, 0.5) is 0 Å². The van der Waals surface area contributed by atoms with Crippen LogP contribution in [0.25, 0.3) is 10.9 Å². The number of hydrogen-bond acceptors (Lipinski definition) is 3. The molecule has 1 aliphatic rings. The molecule has 1 saturated heterocycles. The molecule has 0 unspecified atom stereocenters. The van der Waals surface area contributed by atoms with E-state index >= 15 is 0 Å². The van der Waals surface area contributed by atoms with Gasteiger partial charge in [-0.05, 0) is 25.0 Å². The maximum absolute atomic E-state index is 12.4. The molecule has 2 aromatic rings. The zero-order chi connectivity index (χ0) is 16.6.